The van der Waals surface area contributed by atoms with Crippen LogP contribution >= 0.6 is 11.6 Å². The Labute approximate surface area is 151 Å². The molecular formula is C19H19ClN2O3. The van der Waals surface area contributed by atoms with E-state index >= 15 is 0 Å². The Hall–Kier alpha value is -2.11. The first-order valence-corrected chi connectivity index (χ1v) is 8.82. The van der Waals surface area contributed by atoms with Gasteiger partial charge in [-0.2, -0.15) is 0 Å². The summed E-state index contributed by atoms with van der Waals surface area (Å²) in [7, 11) is 2.13. The first kappa shape index (κ1) is 16.4. The number of non-ortho nitro benzene ring substituents is 1. The Bertz CT molecular complexity index is 868. The lowest BCUT2D eigenvalue weighted by molar-refractivity contribution is -0.384. The molecule has 1 N–H and O–H groups in total. The topological polar surface area (TPSA) is 66.6 Å². The lowest BCUT2D eigenvalue weighted by atomic mass is 9.74. The van der Waals surface area contributed by atoms with E-state index in [1.54, 1.807) is 18.2 Å². The van der Waals surface area contributed by atoms with E-state index in [1.807, 2.05) is 12.1 Å². The fraction of sp³-hybridized carbons (Fsp3) is 0.368. The number of aromatic hydroxyl groups is 1. The number of fused-ring (bicyclic) bond motifs is 5. The van der Waals surface area contributed by atoms with E-state index < -0.39 is 0 Å². The van der Waals surface area contributed by atoms with Gasteiger partial charge in [-0.25, -0.2) is 0 Å². The highest BCUT2D eigenvalue weighted by Gasteiger charge is 2.37. The number of rotatable bonds is 1. The van der Waals surface area contributed by atoms with E-state index in [1.165, 1.54) is 0 Å². The molecule has 4 rings (SSSR count). The molecule has 2 aromatic carbocycles. The Kier molecular flexibility index (Phi) is 3.93. The minimum absolute atomic E-state index is 0.0928. The van der Waals surface area contributed by atoms with Gasteiger partial charge in [0.25, 0.3) is 5.69 Å². The summed E-state index contributed by atoms with van der Waals surface area (Å²) >= 11 is 6.13. The van der Waals surface area contributed by atoms with Crippen LogP contribution in [0, 0.1) is 10.1 Å². The van der Waals surface area contributed by atoms with Crippen LogP contribution < -0.4 is 0 Å². The highest BCUT2D eigenvalue weighted by atomic mass is 35.5. The molecule has 2 aliphatic rings. The summed E-state index contributed by atoms with van der Waals surface area (Å²) in [5, 5.41) is 21.6. The van der Waals surface area contributed by atoms with E-state index in [2.05, 4.69) is 11.9 Å². The maximum atomic E-state index is 11.1. The van der Waals surface area contributed by atoms with Gasteiger partial charge in [-0.05, 0) is 60.7 Å². The third-order valence-corrected chi connectivity index (χ3v) is 5.91. The molecule has 2 aromatic rings. The minimum atomic E-state index is -0.342. The molecule has 0 saturated heterocycles. The highest BCUT2D eigenvalue weighted by molar-refractivity contribution is 6.32. The summed E-state index contributed by atoms with van der Waals surface area (Å²) in [5.74, 6) is 0.188. The molecule has 5 nitrogen and oxygen atoms in total. The molecule has 25 heavy (non-hydrogen) atoms. The summed E-state index contributed by atoms with van der Waals surface area (Å²) < 4.78 is 0. The van der Waals surface area contributed by atoms with Crippen LogP contribution in [-0.4, -0.2) is 34.6 Å². The van der Waals surface area contributed by atoms with Crippen molar-refractivity contribution in [2.75, 3.05) is 13.6 Å². The van der Waals surface area contributed by atoms with Gasteiger partial charge in [0.1, 0.15) is 5.75 Å². The largest absolute Gasteiger partial charge is 0.506 e. The number of phenols is 1. The van der Waals surface area contributed by atoms with Crippen LogP contribution in [0.4, 0.5) is 5.69 Å². The standard InChI is InChI=1S/C19H19ClN2O3/c1-21-7-6-12-9-16(20)18(23)10-15(12)19-14-4-3-13(22(24)25)8-11(14)2-5-17(19)21/h3-4,8-10,17,19,23H,2,5-7H2,1H3/t17-,19+/m0/s1. The second-order valence-corrected chi connectivity index (χ2v) is 7.36. The predicted octanol–water partition coefficient (Wildman–Crippen LogP) is 3.89. The third-order valence-electron chi connectivity index (χ3n) is 5.61. The van der Waals surface area contributed by atoms with Crippen molar-refractivity contribution in [2.24, 2.45) is 0 Å². The van der Waals surface area contributed by atoms with Gasteiger partial charge in [0.05, 0.1) is 9.95 Å². The number of likely N-dealkylation sites (N-methyl/N-ethyl adjacent to an activating group) is 1. The zero-order valence-electron chi connectivity index (χ0n) is 13.9. The number of hydrogen-bond acceptors (Lipinski definition) is 4. The smallest absolute Gasteiger partial charge is 0.269 e. The fourth-order valence-corrected chi connectivity index (χ4v) is 4.53. The second-order valence-electron chi connectivity index (χ2n) is 6.96. The molecule has 0 radical (unpaired) electrons. The number of nitro benzene ring substituents is 1. The van der Waals surface area contributed by atoms with Gasteiger partial charge in [0.2, 0.25) is 0 Å². The van der Waals surface area contributed by atoms with Crippen molar-refractivity contribution in [3.63, 3.8) is 0 Å². The SMILES string of the molecule is CN1CCc2cc(Cl)c(O)cc2[C@H]2c3ccc([N+](=O)[O-])cc3CC[C@@H]21. The summed E-state index contributed by atoms with van der Waals surface area (Å²) in [6, 6.07) is 9.13. The molecule has 1 heterocycles. The number of hydrogen-bond donors (Lipinski definition) is 1. The van der Waals surface area contributed by atoms with Gasteiger partial charge in [0.15, 0.2) is 0 Å². The number of aryl methyl sites for hydroxylation is 1. The van der Waals surface area contributed by atoms with Crippen LogP contribution in [0.5, 0.6) is 5.75 Å². The summed E-state index contributed by atoms with van der Waals surface area (Å²) in [5.41, 5.74) is 4.53. The van der Waals surface area contributed by atoms with Crippen molar-refractivity contribution >= 4 is 17.3 Å². The molecule has 130 valence electrons. The lowest BCUT2D eigenvalue weighted by Gasteiger charge is -2.38. The van der Waals surface area contributed by atoms with Crippen molar-refractivity contribution in [1.82, 2.24) is 4.90 Å². The molecule has 0 fully saturated rings. The van der Waals surface area contributed by atoms with Crippen LogP contribution in [-0.2, 0) is 12.8 Å². The monoisotopic (exact) mass is 358 g/mol. The lowest BCUT2D eigenvalue weighted by Crippen LogP contribution is -2.39. The quantitative estimate of drug-likeness (QED) is 0.620. The zero-order chi connectivity index (χ0) is 17.7. The molecule has 0 amide bonds. The van der Waals surface area contributed by atoms with E-state index in [9.17, 15) is 15.2 Å². The van der Waals surface area contributed by atoms with E-state index in [-0.39, 0.29) is 22.3 Å². The van der Waals surface area contributed by atoms with Gasteiger partial charge in [-0.3, -0.25) is 10.1 Å². The number of halogens is 1. The zero-order valence-corrected chi connectivity index (χ0v) is 14.7. The van der Waals surface area contributed by atoms with E-state index in [4.69, 9.17) is 11.6 Å². The Morgan fingerprint density at radius 3 is 2.72 bits per heavy atom. The molecule has 1 aliphatic carbocycles. The summed E-state index contributed by atoms with van der Waals surface area (Å²) in [4.78, 5) is 13.1. The number of benzene rings is 2. The molecule has 0 unspecified atom stereocenters. The van der Waals surface area contributed by atoms with E-state index in [0.29, 0.717) is 11.1 Å². The molecule has 1 aliphatic heterocycles. The first-order chi connectivity index (χ1) is 12.0. The van der Waals surface area contributed by atoms with Crippen molar-refractivity contribution in [3.05, 3.63) is 67.7 Å². The predicted molar refractivity (Wildman–Crippen MR) is 96.5 cm³/mol. The Balaban J connectivity index is 1.91. The van der Waals surface area contributed by atoms with E-state index in [0.717, 1.165) is 48.1 Å². The molecule has 0 bridgehead atoms. The number of nitrogens with zero attached hydrogens (tertiary/aromatic N) is 2. The fourth-order valence-electron chi connectivity index (χ4n) is 4.34. The van der Waals surface area contributed by atoms with Gasteiger partial charge < -0.3 is 10.0 Å². The molecule has 0 spiro atoms. The summed E-state index contributed by atoms with van der Waals surface area (Å²) in [6.45, 7) is 0.928. The molecule has 0 saturated carbocycles. The Morgan fingerprint density at radius 1 is 1.20 bits per heavy atom. The average molecular weight is 359 g/mol. The van der Waals surface area contributed by atoms with Crippen LogP contribution in [0.3, 0.4) is 0 Å². The van der Waals surface area contributed by atoms with Gasteiger partial charge in [-0.15, -0.1) is 0 Å². The maximum absolute atomic E-state index is 11.1. The van der Waals surface area contributed by atoms with Crippen molar-refractivity contribution in [1.29, 1.82) is 0 Å². The van der Waals surface area contributed by atoms with Crippen LogP contribution in [0.25, 0.3) is 0 Å². The highest BCUT2D eigenvalue weighted by Crippen LogP contribution is 2.45. The minimum Gasteiger partial charge on any atom is -0.506 e. The third kappa shape index (κ3) is 2.68. The molecule has 2 atom stereocenters. The first-order valence-electron chi connectivity index (χ1n) is 8.44. The number of nitro groups is 1. The van der Waals surface area contributed by atoms with Crippen LogP contribution in [0.2, 0.25) is 5.02 Å². The van der Waals surface area contributed by atoms with Gasteiger partial charge in [-0.1, -0.05) is 17.7 Å². The second kappa shape index (κ2) is 6.00. The average Bonchev–Trinajstić information content (AvgIpc) is 2.73. The van der Waals surface area contributed by atoms with Crippen LogP contribution in [0.1, 0.15) is 34.6 Å². The maximum Gasteiger partial charge on any atom is 0.269 e. The summed E-state index contributed by atoms with van der Waals surface area (Å²) in [6.07, 6.45) is 2.65. The van der Waals surface area contributed by atoms with Gasteiger partial charge >= 0.3 is 0 Å². The number of phenolic OH excluding ortho intramolecular Hbond substituents is 1. The normalized spacial score (nSPS) is 22.5. The van der Waals surface area contributed by atoms with Crippen molar-refractivity contribution in [2.45, 2.75) is 31.2 Å². The van der Waals surface area contributed by atoms with Crippen LogP contribution in [0.15, 0.2) is 30.3 Å². The van der Waals surface area contributed by atoms with Crippen molar-refractivity contribution in [3.8, 4) is 5.75 Å². The molecule has 0 aromatic heterocycles. The Morgan fingerprint density at radius 2 is 1.96 bits per heavy atom. The van der Waals surface area contributed by atoms with Gasteiger partial charge in [0, 0.05) is 30.6 Å². The molecule has 6 heteroatoms. The molecular weight excluding hydrogens is 340 g/mol. The van der Waals surface area contributed by atoms with Crippen molar-refractivity contribution < 1.29 is 10.0 Å².